The summed E-state index contributed by atoms with van der Waals surface area (Å²) in [7, 11) is 0. The lowest BCUT2D eigenvalue weighted by Gasteiger charge is -2.01. The van der Waals surface area contributed by atoms with Gasteiger partial charge in [0.2, 0.25) is 0 Å². The van der Waals surface area contributed by atoms with Gasteiger partial charge in [-0.2, -0.15) is 0 Å². The second kappa shape index (κ2) is 2.85. The molecule has 12 heavy (non-hydrogen) atoms. The van der Waals surface area contributed by atoms with Gasteiger partial charge in [0.25, 0.3) is 0 Å². The Bertz CT molecular complexity index is 428. The Labute approximate surface area is 83.2 Å². The maximum Gasteiger partial charge on any atom is 0.0897 e. The molecular weight excluding hydrogens is 265 g/mol. The molecule has 0 atom stereocenters. The first-order valence-electron chi connectivity index (χ1n) is 3.43. The molecule has 2 heterocycles. The van der Waals surface area contributed by atoms with Crippen LogP contribution >= 0.6 is 22.6 Å². The third-order valence-electron chi connectivity index (χ3n) is 1.63. The van der Waals surface area contributed by atoms with Crippen molar-refractivity contribution in [3.8, 4) is 0 Å². The normalized spacial score (nSPS) is 10.4. The van der Waals surface area contributed by atoms with E-state index in [0.29, 0.717) is 5.69 Å². The second-order valence-electron chi connectivity index (χ2n) is 2.42. The highest BCUT2D eigenvalue weighted by Crippen LogP contribution is 2.22. The van der Waals surface area contributed by atoms with E-state index in [1.165, 1.54) is 0 Å². The number of hydrogen-bond acceptors (Lipinski definition) is 3. The van der Waals surface area contributed by atoms with E-state index < -0.39 is 0 Å². The van der Waals surface area contributed by atoms with Crippen molar-refractivity contribution in [1.82, 2.24) is 9.97 Å². The molecule has 0 aromatic carbocycles. The largest absolute Gasteiger partial charge is 0.397 e. The Morgan fingerprint density at radius 3 is 3.00 bits per heavy atom. The molecule has 0 aliphatic heterocycles. The molecule has 0 bridgehead atoms. The number of rotatable bonds is 0. The van der Waals surface area contributed by atoms with E-state index in [4.69, 9.17) is 5.73 Å². The molecule has 0 saturated heterocycles. The van der Waals surface area contributed by atoms with Gasteiger partial charge in [0.05, 0.1) is 23.6 Å². The molecule has 60 valence electrons. The Kier molecular flexibility index (Phi) is 1.84. The maximum atomic E-state index is 5.70. The number of nitrogens with two attached hydrogens (primary N) is 1. The molecule has 2 N–H and O–H groups in total. The van der Waals surface area contributed by atoms with Crippen LogP contribution in [-0.2, 0) is 0 Å². The van der Waals surface area contributed by atoms with Crippen molar-refractivity contribution < 1.29 is 0 Å². The predicted molar refractivity (Wildman–Crippen MR) is 56.7 cm³/mol. The average molecular weight is 271 g/mol. The molecule has 4 heteroatoms. The van der Waals surface area contributed by atoms with Crippen molar-refractivity contribution >= 4 is 39.2 Å². The molecule has 0 unspecified atom stereocenters. The van der Waals surface area contributed by atoms with Crippen LogP contribution < -0.4 is 5.73 Å². The number of nitrogen functional groups attached to an aromatic ring is 1. The number of pyridine rings is 2. The SMILES string of the molecule is Nc1cnc2cnccc2c1I. The van der Waals surface area contributed by atoms with E-state index in [1.807, 2.05) is 6.07 Å². The topological polar surface area (TPSA) is 51.8 Å². The molecular formula is C8H6IN3. The second-order valence-corrected chi connectivity index (χ2v) is 3.50. The summed E-state index contributed by atoms with van der Waals surface area (Å²) in [6, 6.07) is 1.92. The van der Waals surface area contributed by atoms with Gasteiger partial charge in [-0.05, 0) is 28.7 Å². The summed E-state index contributed by atoms with van der Waals surface area (Å²) in [5.41, 5.74) is 7.30. The zero-order chi connectivity index (χ0) is 8.55. The van der Waals surface area contributed by atoms with Crippen LogP contribution in [0.5, 0.6) is 0 Å². The fraction of sp³-hybridized carbons (Fsp3) is 0. The fourth-order valence-electron chi connectivity index (χ4n) is 1.03. The summed E-state index contributed by atoms with van der Waals surface area (Å²) in [5.74, 6) is 0. The predicted octanol–water partition coefficient (Wildman–Crippen LogP) is 1.82. The minimum absolute atomic E-state index is 0.717. The maximum absolute atomic E-state index is 5.70. The van der Waals surface area contributed by atoms with Crippen LogP contribution in [0.15, 0.2) is 24.7 Å². The fourth-order valence-corrected chi connectivity index (χ4v) is 1.62. The van der Waals surface area contributed by atoms with Crippen molar-refractivity contribution in [3.05, 3.63) is 28.2 Å². The van der Waals surface area contributed by atoms with Crippen molar-refractivity contribution in [2.24, 2.45) is 0 Å². The lowest BCUT2D eigenvalue weighted by Crippen LogP contribution is -1.92. The van der Waals surface area contributed by atoms with Crippen LogP contribution in [0.2, 0.25) is 0 Å². The van der Waals surface area contributed by atoms with E-state index in [2.05, 4.69) is 32.6 Å². The summed E-state index contributed by atoms with van der Waals surface area (Å²) in [5, 5.41) is 1.06. The standard InChI is InChI=1S/C8H6IN3/c9-8-5-1-2-11-4-7(5)12-3-6(8)10/h1-4H,10H2. The first-order valence-corrected chi connectivity index (χ1v) is 4.50. The van der Waals surface area contributed by atoms with E-state index in [0.717, 1.165) is 14.5 Å². The highest BCUT2D eigenvalue weighted by Gasteiger charge is 2.01. The smallest absolute Gasteiger partial charge is 0.0897 e. The van der Waals surface area contributed by atoms with Crippen molar-refractivity contribution in [3.63, 3.8) is 0 Å². The quantitative estimate of drug-likeness (QED) is 0.743. The zero-order valence-electron chi connectivity index (χ0n) is 6.16. The number of halogens is 1. The highest BCUT2D eigenvalue weighted by molar-refractivity contribution is 14.1. The number of anilines is 1. The Morgan fingerprint density at radius 2 is 2.17 bits per heavy atom. The Balaban J connectivity index is 2.91. The third kappa shape index (κ3) is 1.12. The lowest BCUT2D eigenvalue weighted by molar-refractivity contribution is 1.31. The Morgan fingerprint density at radius 1 is 1.33 bits per heavy atom. The summed E-state index contributed by atoms with van der Waals surface area (Å²) in [6.45, 7) is 0. The molecule has 0 fully saturated rings. The van der Waals surface area contributed by atoms with Crippen LogP contribution in [-0.4, -0.2) is 9.97 Å². The van der Waals surface area contributed by atoms with Gasteiger partial charge >= 0.3 is 0 Å². The van der Waals surface area contributed by atoms with Gasteiger partial charge in [0, 0.05) is 15.2 Å². The molecule has 0 aliphatic rings. The van der Waals surface area contributed by atoms with Gasteiger partial charge in [0.1, 0.15) is 0 Å². The van der Waals surface area contributed by atoms with Crippen LogP contribution in [0.3, 0.4) is 0 Å². The van der Waals surface area contributed by atoms with E-state index >= 15 is 0 Å². The first-order chi connectivity index (χ1) is 5.79. The minimum atomic E-state index is 0.717. The van der Waals surface area contributed by atoms with Crippen LogP contribution in [0.1, 0.15) is 0 Å². The molecule has 2 aromatic heterocycles. The van der Waals surface area contributed by atoms with Gasteiger partial charge in [-0.3, -0.25) is 9.97 Å². The van der Waals surface area contributed by atoms with E-state index in [-0.39, 0.29) is 0 Å². The monoisotopic (exact) mass is 271 g/mol. The summed E-state index contributed by atoms with van der Waals surface area (Å²) >= 11 is 2.21. The van der Waals surface area contributed by atoms with Crippen molar-refractivity contribution in [2.75, 3.05) is 5.73 Å². The number of fused-ring (bicyclic) bond motifs is 1. The lowest BCUT2D eigenvalue weighted by atomic mass is 10.2. The first kappa shape index (κ1) is 7.72. The Hall–Kier alpha value is -0.910. The molecule has 0 aliphatic carbocycles. The summed E-state index contributed by atoms with van der Waals surface area (Å²) in [4.78, 5) is 8.13. The van der Waals surface area contributed by atoms with Crippen LogP contribution in [0.4, 0.5) is 5.69 Å². The number of nitrogens with zero attached hydrogens (tertiary/aromatic N) is 2. The summed E-state index contributed by atoms with van der Waals surface area (Å²) < 4.78 is 1.04. The molecule has 2 aromatic rings. The van der Waals surface area contributed by atoms with Gasteiger partial charge in [-0.15, -0.1) is 0 Å². The zero-order valence-corrected chi connectivity index (χ0v) is 8.32. The average Bonchev–Trinajstić information content (AvgIpc) is 2.12. The molecule has 3 nitrogen and oxygen atoms in total. The van der Waals surface area contributed by atoms with E-state index in [1.54, 1.807) is 18.6 Å². The van der Waals surface area contributed by atoms with E-state index in [9.17, 15) is 0 Å². The van der Waals surface area contributed by atoms with Gasteiger partial charge in [-0.25, -0.2) is 0 Å². The van der Waals surface area contributed by atoms with Gasteiger partial charge < -0.3 is 5.73 Å². The molecule has 0 saturated carbocycles. The molecule has 0 amide bonds. The van der Waals surface area contributed by atoms with Gasteiger partial charge in [0.15, 0.2) is 0 Å². The van der Waals surface area contributed by atoms with Crippen LogP contribution in [0.25, 0.3) is 10.9 Å². The molecule has 0 spiro atoms. The number of hydrogen-bond donors (Lipinski definition) is 1. The van der Waals surface area contributed by atoms with Crippen molar-refractivity contribution in [2.45, 2.75) is 0 Å². The molecule has 0 radical (unpaired) electrons. The van der Waals surface area contributed by atoms with Crippen LogP contribution in [0, 0.1) is 3.57 Å². The minimum Gasteiger partial charge on any atom is -0.397 e. The third-order valence-corrected chi connectivity index (χ3v) is 2.84. The molecule has 2 rings (SSSR count). The highest BCUT2D eigenvalue weighted by atomic mass is 127. The van der Waals surface area contributed by atoms with Crippen molar-refractivity contribution in [1.29, 1.82) is 0 Å². The number of aromatic nitrogens is 2. The van der Waals surface area contributed by atoms with Gasteiger partial charge in [-0.1, -0.05) is 0 Å². The summed E-state index contributed by atoms with van der Waals surface area (Å²) in [6.07, 6.45) is 5.13.